The second-order valence-electron chi connectivity index (χ2n) is 6.92. The first-order valence-corrected chi connectivity index (χ1v) is 10.9. The van der Waals surface area contributed by atoms with Gasteiger partial charge in [0.2, 0.25) is 5.95 Å². The molecule has 3 N–H and O–H groups in total. The Morgan fingerprint density at radius 2 is 2.09 bits per heavy atom. The van der Waals surface area contributed by atoms with Crippen molar-refractivity contribution in [2.45, 2.75) is 13.3 Å². The van der Waals surface area contributed by atoms with Crippen LogP contribution >= 0.6 is 34.5 Å². The lowest BCUT2D eigenvalue weighted by molar-refractivity contribution is 0.0703. The number of aromatic nitrogens is 2. The Balaban J connectivity index is 1.61. The number of cyclic esters (lactones) is 1. The molecule has 0 radical (unpaired) electrons. The van der Waals surface area contributed by atoms with E-state index in [-0.39, 0.29) is 21.7 Å². The zero-order valence-electron chi connectivity index (χ0n) is 16.9. The van der Waals surface area contributed by atoms with E-state index < -0.39 is 12.1 Å². The van der Waals surface area contributed by atoms with E-state index in [0.29, 0.717) is 34.3 Å². The number of amides is 1. The molecule has 1 aromatic carbocycles. The van der Waals surface area contributed by atoms with Gasteiger partial charge in [0.05, 0.1) is 28.5 Å². The molecular weight excluding hydrogens is 477 g/mol. The number of halogens is 2. The lowest BCUT2D eigenvalue weighted by Crippen LogP contribution is -2.25. The minimum atomic E-state index is -1.10. The molecule has 2 aromatic heterocycles. The molecule has 12 heteroatoms. The SMILES string of the molecule is Cc1c(Cl)sc(C(=O)O)c1Nc1nc(Nc2ccc3c(c2)CCOC(=O)N3C)ncc1Cl. The highest BCUT2D eigenvalue weighted by Crippen LogP contribution is 2.39. The number of nitrogens with zero attached hydrogens (tertiary/aromatic N) is 3. The summed E-state index contributed by atoms with van der Waals surface area (Å²) in [6, 6.07) is 5.50. The second-order valence-corrected chi connectivity index (χ2v) is 8.95. The van der Waals surface area contributed by atoms with Crippen LogP contribution in [0.25, 0.3) is 0 Å². The van der Waals surface area contributed by atoms with E-state index in [2.05, 4.69) is 20.6 Å². The van der Waals surface area contributed by atoms with Gasteiger partial charge in [-0.15, -0.1) is 11.3 Å². The molecule has 32 heavy (non-hydrogen) atoms. The Morgan fingerprint density at radius 1 is 1.31 bits per heavy atom. The van der Waals surface area contributed by atoms with E-state index in [4.69, 9.17) is 27.9 Å². The number of ether oxygens (including phenoxy) is 1. The summed E-state index contributed by atoms with van der Waals surface area (Å²) in [5, 5.41) is 15.7. The predicted molar refractivity (Wildman–Crippen MR) is 125 cm³/mol. The number of benzene rings is 1. The molecule has 0 saturated heterocycles. The zero-order chi connectivity index (χ0) is 23.0. The number of carboxylic acid groups (broad SMARTS) is 1. The molecule has 0 aliphatic carbocycles. The third kappa shape index (κ3) is 4.29. The predicted octanol–water partition coefficient (Wildman–Crippen LogP) is 5.47. The highest BCUT2D eigenvalue weighted by Gasteiger charge is 2.22. The van der Waals surface area contributed by atoms with Crippen LogP contribution in [0.3, 0.4) is 0 Å². The number of carboxylic acids is 1. The largest absolute Gasteiger partial charge is 0.477 e. The van der Waals surface area contributed by atoms with Crippen molar-refractivity contribution < 1.29 is 19.4 Å². The number of rotatable bonds is 5. The van der Waals surface area contributed by atoms with Crippen LogP contribution in [0.4, 0.5) is 33.6 Å². The fraction of sp³-hybridized carbons (Fsp3) is 0.200. The van der Waals surface area contributed by atoms with Gasteiger partial charge in [0, 0.05) is 24.7 Å². The molecule has 0 fully saturated rings. The fourth-order valence-electron chi connectivity index (χ4n) is 3.18. The van der Waals surface area contributed by atoms with Crippen molar-refractivity contribution in [1.29, 1.82) is 0 Å². The molecule has 166 valence electrons. The number of nitrogens with one attached hydrogen (secondary N) is 2. The van der Waals surface area contributed by atoms with Gasteiger partial charge in [-0.05, 0) is 30.7 Å². The number of carbonyl (C=O) groups is 2. The van der Waals surface area contributed by atoms with Crippen LogP contribution in [0, 0.1) is 6.92 Å². The highest BCUT2D eigenvalue weighted by molar-refractivity contribution is 7.18. The number of hydrogen-bond donors (Lipinski definition) is 3. The quantitative estimate of drug-likeness (QED) is 0.428. The summed E-state index contributed by atoms with van der Waals surface area (Å²) >= 11 is 13.3. The Hall–Kier alpha value is -3.08. The fourth-order valence-corrected chi connectivity index (χ4v) is 4.48. The molecule has 0 saturated carbocycles. The van der Waals surface area contributed by atoms with Gasteiger partial charge >= 0.3 is 12.1 Å². The maximum absolute atomic E-state index is 11.9. The zero-order valence-corrected chi connectivity index (χ0v) is 19.2. The summed E-state index contributed by atoms with van der Waals surface area (Å²) in [6.45, 7) is 2.00. The van der Waals surface area contributed by atoms with Gasteiger partial charge in [-0.2, -0.15) is 4.98 Å². The number of thiophene rings is 1. The third-order valence-electron chi connectivity index (χ3n) is 4.84. The Morgan fingerprint density at radius 3 is 2.84 bits per heavy atom. The van der Waals surface area contributed by atoms with Gasteiger partial charge in [-0.3, -0.25) is 4.90 Å². The number of fused-ring (bicyclic) bond motifs is 1. The van der Waals surface area contributed by atoms with Gasteiger partial charge in [0.15, 0.2) is 5.82 Å². The van der Waals surface area contributed by atoms with Crippen molar-refractivity contribution in [3.8, 4) is 0 Å². The summed E-state index contributed by atoms with van der Waals surface area (Å²) in [7, 11) is 1.66. The molecule has 9 nitrogen and oxygen atoms in total. The van der Waals surface area contributed by atoms with Gasteiger partial charge in [0.1, 0.15) is 9.90 Å². The normalized spacial score (nSPS) is 13.2. The van der Waals surface area contributed by atoms with E-state index in [1.807, 2.05) is 12.1 Å². The van der Waals surface area contributed by atoms with Crippen molar-refractivity contribution in [3.05, 3.63) is 49.8 Å². The van der Waals surface area contributed by atoms with E-state index in [1.165, 1.54) is 11.1 Å². The molecule has 1 aliphatic rings. The number of aromatic carboxylic acids is 1. The van der Waals surface area contributed by atoms with Crippen molar-refractivity contribution in [3.63, 3.8) is 0 Å². The first kappa shape index (κ1) is 22.1. The minimum absolute atomic E-state index is 0.0586. The lowest BCUT2D eigenvalue weighted by Gasteiger charge is -2.17. The summed E-state index contributed by atoms with van der Waals surface area (Å²) in [5.41, 5.74) is 3.33. The Kier molecular flexibility index (Phi) is 6.09. The molecule has 3 heterocycles. The van der Waals surface area contributed by atoms with E-state index in [9.17, 15) is 14.7 Å². The van der Waals surface area contributed by atoms with Crippen molar-refractivity contribution in [2.75, 3.05) is 29.2 Å². The van der Waals surface area contributed by atoms with Crippen LogP contribution < -0.4 is 15.5 Å². The smallest absolute Gasteiger partial charge is 0.414 e. The van der Waals surface area contributed by atoms with Crippen molar-refractivity contribution >= 4 is 75.4 Å². The maximum atomic E-state index is 11.9. The first-order chi connectivity index (χ1) is 15.2. The van der Waals surface area contributed by atoms with E-state index in [0.717, 1.165) is 22.6 Å². The molecule has 1 amide bonds. The lowest BCUT2D eigenvalue weighted by atomic mass is 10.1. The summed E-state index contributed by atoms with van der Waals surface area (Å²) in [6.07, 6.45) is 1.59. The van der Waals surface area contributed by atoms with E-state index in [1.54, 1.807) is 20.0 Å². The monoisotopic (exact) mass is 493 g/mol. The Labute approximate surface area is 197 Å². The third-order valence-corrected chi connectivity index (χ3v) is 6.70. The van der Waals surface area contributed by atoms with Gasteiger partial charge in [-0.25, -0.2) is 14.6 Å². The van der Waals surface area contributed by atoms with Crippen LogP contribution in [0.2, 0.25) is 9.36 Å². The van der Waals surface area contributed by atoms with Crippen molar-refractivity contribution in [1.82, 2.24) is 9.97 Å². The summed E-state index contributed by atoms with van der Waals surface area (Å²) in [4.78, 5) is 33.5. The van der Waals surface area contributed by atoms with Gasteiger partial charge in [-0.1, -0.05) is 23.2 Å². The molecule has 0 spiro atoms. The highest BCUT2D eigenvalue weighted by atomic mass is 35.5. The number of anilines is 5. The van der Waals surface area contributed by atoms with Crippen LogP contribution in [0.5, 0.6) is 0 Å². The summed E-state index contributed by atoms with van der Waals surface area (Å²) < 4.78 is 5.51. The van der Waals surface area contributed by atoms with Crippen LogP contribution in [-0.2, 0) is 11.2 Å². The average molecular weight is 494 g/mol. The topological polar surface area (TPSA) is 117 Å². The maximum Gasteiger partial charge on any atom is 0.414 e. The molecule has 1 aliphatic heterocycles. The van der Waals surface area contributed by atoms with Crippen LogP contribution in [0.1, 0.15) is 20.8 Å². The average Bonchev–Trinajstić information content (AvgIpc) is 2.95. The molecular formula is C20H17Cl2N5O4S. The van der Waals surface area contributed by atoms with Crippen LogP contribution in [-0.4, -0.2) is 40.8 Å². The van der Waals surface area contributed by atoms with Gasteiger partial charge in [0.25, 0.3) is 0 Å². The molecule has 0 atom stereocenters. The number of carbonyl (C=O) groups excluding carboxylic acids is 1. The first-order valence-electron chi connectivity index (χ1n) is 9.36. The molecule has 0 bridgehead atoms. The molecule has 4 rings (SSSR count). The van der Waals surface area contributed by atoms with Crippen LogP contribution in [0.15, 0.2) is 24.4 Å². The number of hydrogen-bond acceptors (Lipinski definition) is 8. The Bertz CT molecular complexity index is 1230. The van der Waals surface area contributed by atoms with Gasteiger partial charge < -0.3 is 20.5 Å². The minimum Gasteiger partial charge on any atom is -0.477 e. The molecule has 0 unspecified atom stereocenters. The standard InChI is InChI=1S/C20H17Cl2N5O4S/c1-9-14(15(18(28)29)32-16(9)22)25-17-12(21)8-23-19(26-17)24-11-3-4-13-10(7-11)5-6-31-20(30)27(13)2/h3-4,7-8H,5-6H2,1-2H3,(H,28,29)(H2,23,24,25,26). The second kappa shape index (κ2) is 8.81. The van der Waals surface area contributed by atoms with Crippen molar-refractivity contribution in [2.24, 2.45) is 0 Å². The summed E-state index contributed by atoms with van der Waals surface area (Å²) in [5.74, 6) is -0.617. The molecule has 3 aromatic rings. The van der Waals surface area contributed by atoms with E-state index >= 15 is 0 Å².